The van der Waals surface area contributed by atoms with Crippen molar-refractivity contribution in [3.63, 3.8) is 0 Å². The van der Waals surface area contributed by atoms with Gasteiger partial charge in [0, 0.05) is 0 Å². The highest BCUT2D eigenvalue weighted by atomic mass is 16.5. The lowest BCUT2D eigenvalue weighted by Crippen LogP contribution is -2.29. The molecule has 1 fully saturated rings. The Balaban J connectivity index is 2.03. The highest BCUT2D eigenvalue weighted by Gasteiger charge is 2.29. The molecule has 0 aromatic heterocycles. The van der Waals surface area contributed by atoms with E-state index in [-0.39, 0.29) is 0 Å². The second kappa shape index (κ2) is 4.46. The molecule has 2 rings (SSSR count). The lowest BCUT2D eigenvalue weighted by molar-refractivity contribution is 0.0172. The van der Waals surface area contributed by atoms with E-state index in [0.29, 0.717) is 5.92 Å². The van der Waals surface area contributed by atoms with Crippen molar-refractivity contribution in [2.45, 2.75) is 44.1 Å². The Morgan fingerprint density at radius 1 is 1.19 bits per heavy atom. The van der Waals surface area contributed by atoms with Gasteiger partial charge in [-0.2, -0.15) is 0 Å². The summed E-state index contributed by atoms with van der Waals surface area (Å²) in [7, 11) is 1.69. The predicted octanol–water partition coefficient (Wildman–Crippen LogP) is 3.10. The fourth-order valence-electron chi connectivity index (χ4n) is 2.45. The average molecular weight is 220 g/mol. The first-order chi connectivity index (χ1) is 7.61. The number of benzene rings is 1. The second-order valence-electron chi connectivity index (χ2n) is 5.04. The fourth-order valence-corrected chi connectivity index (χ4v) is 2.45. The van der Waals surface area contributed by atoms with Crippen molar-refractivity contribution in [1.29, 1.82) is 0 Å². The van der Waals surface area contributed by atoms with Gasteiger partial charge in [-0.15, -0.1) is 0 Å². The number of hydrogen-bond acceptors (Lipinski definition) is 2. The first-order valence-corrected chi connectivity index (χ1v) is 5.97. The van der Waals surface area contributed by atoms with Gasteiger partial charge in [0.15, 0.2) is 0 Å². The van der Waals surface area contributed by atoms with Crippen molar-refractivity contribution in [2.75, 3.05) is 7.11 Å². The molecular formula is C14H20O2. The maximum Gasteiger partial charge on any atom is 0.118 e. The molecular weight excluding hydrogens is 200 g/mol. The van der Waals surface area contributed by atoms with E-state index in [2.05, 4.69) is 12.1 Å². The summed E-state index contributed by atoms with van der Waals surface area (Å²) < 4.78 is 5.15. The molecule has 2 heteroatoms. The van der Waals surface area contributed by atoms with Crippen LogP contribution in [0.25, 0.3) is 0 Å². The van der Waals surface area contributed by atoms with Crippen LogP contribution >= 0.6 is 0 Å². The molecule has 0 unspecified atom stereocenters. The Morgan fingerprint density at radius 3 is 2.25 bits per heavy atom. The molecule has 0 amide bonds. The zero-order chi connectivity index (χ0) is 11.6. The minimum atomic E-state index is -0.441. The Hall–Kier alpha value is -1.02. The molecule has 0 saturated heterocycles. The van der Waals surface area contributed by atoms with Crippen LogP contribution in [0.4, 0.5) is 0 Å². The highest BCUT2D eigenvalue weighted by molar-refractivity contribution is 5.29. The van der Waals surface area contributed by atoms with Crippen LogP contribution in [0.2, 0.25) is 0 Å². The van der Waals surface area contributed by atoms with Crippen LogP contribution < -0.4 is 4.74 Å². The first-order valence-electron chi connectivity index (χ1n) is 5.97. The Kier molecular flexibility index (Phi) is 3.20. The molecule has 0 bridgehead atoms. The van der Waals surface area contributed by atoms with E-state index in [1.54, 1.807) is 7.11 Å². The van der Waals surface area contributed by atoms with Gasteiger partial charge in [0.05, 0.1) is 12.7 Å². The molecule has 0 atom stereocenters. The standard InChI is InChI=1S/C14H20O2/c1-14(15)9-7-12(8-10-14)11-3-5-13(16-2)6-4-11/h3-6,12,15H,7-10H2,1-2H3. The monoisotopic (exact) mass is 220 g/mol. The number of hydrogen-bond donors (Lipinski definition) is 1. The third kappa shape index (κ3) is 2.56. The van der Waals surface area contributed by atoms with Gasteiger partial charge in [-0.25, -0.2) is 0 Å². The van der Waals surface area contributed by atoms with Gasteiger partial charge in [0.2, 0.25) is 0 Å². The zero-order valence-corrected chi connectivity index (χ0v) is 10.1. The van der Waals surface area contributed by atoms with Crippen molar-refractivity contribution in [3.8, 4) is 5.75 Å². The molecule has 1 aromatic carbocycles. The molecule has 0 aliphatic heterocycles. The van der Waals surface area contributed by atoms with Gasteiger partial charge < -0.3 is 9.84 Å². The quantitative estimate of drug-likeness (QED) is 0.829. The maximum atomic E-state index is 9.90. The van der Waals surface area contributed by atoms with Crippen LogP contribution in [0.1, 0.15) is 44.1 Å². The summed E-state index contributed by atoms with van der Waals surface area (Å²) in [6.45, 7) is 1.94. The summed E-state index contributed by atoms with van der Waals surface area (Å²) in [5.74, 6) is 1.51. The summed E-state index contributed by atoms with van der Waals surface area (Å²) in [6.07, 6.45) is 3.98. The van der Waals surface area contributed by atoms with Crippen molar-refractivity contribution in [2.24, 2.45) is 0 Å². The smallest absolute Gasteiger partial charge is 0.118 e. The van der Waals surface area contributed by atoms with E-state index in [1.165, 1.54) is 5.56 Å². The molecule has 0 heterocycles. The average Bonchev–Trinajstić information content (AvgIpc) is 2.29. The second-order valence-corrected chi connectivity index (χ2v) is 5.04. The minimum absolute atomic E-state index is 0.441. The van der Waals surface area contributed by atoms with Gasteiger partial charge in [-0.3, -0.25) is 0 Å². The molecule has 1 aliphatic rings. The lowest BCUT2D eigenvalue weighted by Gasteiger charge is -2.33. The molecule has 16 heavy (non-hydrogen) atoms. The normalized spacial score (nSPS) is 30.1. The van der Waals surface area contributed by atoms with Gasteiger partial charge >= 0.3 is 0 Å². The molecule has 1 saturated carbocycles. The number of aliphatic hydroxyl groups is 1. The third-order valence-corrected chi connectivity index (χ3v) is 3.65. The SMILES string of the molecule is COc1ccc(C2CCC(C)(O)CC2)cc1. The molecule has 1 N–H and O–H groups in total. The van der Waals surface area contributed by atoms with E-state index in [0.717, 1.165) is 31.4 Å². The number of rotatable bonds is 2. The predicted molar refractivity (Wildman–Crippen MR) is 64.8 cm³/mol. The van der Waals surface area contributed by atoms with Crippen molar-refractivity contribution < 1.29 is 9.84 Å². The van der Waals surface area contributed by atoms with Crippen molar-refractivity contribution in [3.05, 3.63) is 29.8 Å². The number of ether oxygens (including phenoxy) is 1. The maximum absolute atomic E-state index is 9.90. The molecule has 1 aliphatic carbocycles. The van der Waals surface area contributed by atoms with E-state index in [9.17, 15) is 5.11 Å². The highest BCUT2D eigenvalue weighted by Crippen LogP contribution is 2.37. The van der Waals surface area contributed by atoms with E-state index in [4.69, 9.17) is 4.74 Å². The largest absolute Gasteiger partial charge is 0.497 e. The topological polar surface area (TPSA) is 29.5 Å². The van der Waals surface area contributed by atoms with Gasteiger partial charge in [0.1, 0.15) is 5.75 Å². The third-order valence-electron chi connectivity index (χ3n) is 3.65. The van der Waals surface area contributed by atoms with Crippen LogP contribution in [0.5, 0.6) is 5.75 Å². The summed E-state index contributed by atoms with van der Waals surface area (Å²) in [4.78, 5) is 0. The van der Waals surface area contributed by atoms with Crippen molar-refractivity contribution in [1.82, 2.24) is 0 Å². The Labute approximate surface area is 97.3 Å². The van der Waals surface area contributed by atoms with Crippen LogP contribution in [0.15, 0.2) is 24.3 Å². The molecule has 0 spiro atoms. The Bertz CT molecular complexity index is 330. The molecule has 0 radical (unpaired) electrons. The Morgan fingerprint density at radius 2 is 1.75 bits per heavy atom. The summed E-state index contributed by atoms with van der Waals surface area (Å²) in [6, 6.07) is 8.32. The zero-order valence-electron chi connectivity index (χ0n) is 10.1. The molecule has 88 valence electrons. The van der Waals surface area contributed by atoms with Crippen molar-refractivity contribution >= 4 is 0 Å². The van der Waals surface area contributed by atoms with E-state index >= 15 is 0 Å². The molecule has 2 nitrogen and oxygen atoms in total. The van der Waals surface area contributed by atoms with Crippen LogP contribution in [-0.4, -0.2) is 17.8 Å². The van der Waals surface area contributed by atoms with Gasteiger partial charge in [-0.05, 0) is 56.2 Å². The van der Waals surface area contributed by atoms with Gasteiger partial charge in [0.25, 0.3) is 0 Å². The summed E-state index contributed by atoms with van der Waals surface area (Å²) in [5, 5.41) is 9.90. The molecule has 1 aromatic rings. The summed E-state index contributed by atoms with van der Waals surface area (Å²) >= 11 is 0. The van der Waals surface area contributed by atoms with E-state index in [1.807, 2.05) is 19.1 Å². The van der Waals surface area contributed by atoms with Crippen LogP contribution in [-0.2, 0) is 0 Å². The van der Waals surface area contributed by atoms with Crippen LogP contribution in [0, 0.1) is 0 Å². The first kappa shape index (κ1) is 11.5. The van der Waals surface area contributed by atoms with E-state index < -0.39 is 5.60 Å². The number of methoxy groups -OCH3 is 1. The minimum Gasteiger partial charge on any atom is -0.497 e. The van der Waals surface area contributed by atoms with Crippen LogP contribution in [0.3, 0.4) is 0 Å². The fraction of sp³-hybridized carbons (Fsp3) is 0.571. The lowest BCUT2D eigenvalue weighted by atomic mass is 9.77. The summed E-state index contributed by atoms with van der Waals surface area (Å²) in [5.41, 5.74) is 0.930. The van der Waals surface area contributed by atoms with Gasteiger partial charge in [-0.1, -0.05) is 12.1 Å².